The van der Waals surface area contributed by atoms with Gasteiger partial charge in [-0.15, -0.1) is 0 Å². The van der Waals surface area contributed by atoms with Gasteiger partial charge >= 0.3 is 0 Å². The predicted molar refractivity (Wildman–Crippen MR) is 76.9 cm³/mol. The fraction of sp³-hybridized carbons (Fsp3) is 0.500. The lowest BCUT2D eigenvalue weighted by Gasteiger charge is -2.24. The summed E-state index contributed by atoms with van der Waals surface area (Å²) in [6, 6.07) is 7.72. The van der Waals surface area contributed by atoms with Gasteiger partial charge in [0, 0.05) is 24.7 Å². The summed E-state index contributed by atoms with van der Waals surface area (Å²) in [6.45, 7) is 5.07. The molecule has 0 aliphatic rings. The second kappa shape index (κ2) is 6.63. The molecule has 0 aromatic heterocycles. The molecule has 0 fully saturated rings. The number of hydrogen-bond donors (Lipinski definition) is 1. The first kappa shape index (κ1) is 14.8. The first-order valence-electron chi connectivity index (χ1n) is 6.12. The summed E-state index contributed by atoms with van der Waals surface area (Å²) < 4.78 is 0. The van der Waals surface area contributed by atoms with Crippen molar-refractivity contribution < 1.29 is 0 Å². The third kappa shape index (κ3) is 3.90. The maximum absolute atomic E-state index is 9.10. The molecule has 1 unspecified atom stereocenters. The molecule has 3 nitrogen and oxygen atoms in total. The van der Waals surface area contributed by atoms with E-state index < -0.39 is 0 Å². The van der Waals surface area contributed by atoms with Crippen LogP contribution in [0.4, 0.5) is 5.69 Å². The Labute approximate surface area is 114 Å². The van der Waals surface area contributed by atoms with Crippen molar-refractivity contribution >= 4 is 17.3 Å². The maximum atomic E-state index is 9.10. The molecule has 0 heterocycles. The lowest BCUT2D eigenvalue weighted by molar-refractivity contribution is 0.466. The molecule has 2 N–H and O–H groups in total. The van der Waals surface area contributed by atoms with Gasteiger partial charge in [0.05, 0.1) is 11.3 Å². The number of rotatable bonds is 5. The molecular formula is C14H20ClN3. The molecule has 0 saturated heterocycles. The van der Waals surface area contributed by atoms with Gasteiger partial charge in [-0.3, -0.25) is 0 Å². The highest BCUT2D eigenvalue weighted by Crippen LogP contribution is 2.23. The number of hydrogen-bond acceptors (Lipinski definition) is 3. The predicted octanol–water partition coefficient (Wildman–Crippen LogP) is 3.02. The molecule has 0 amide bonds. The van der Waals surface area contributed by atoms with Gasteiger partial charge in [0.25, 0.3) is 0 Å². The Balaban J connectivity index is 2.73. The Morgan fingerprint density at radius 2 is 2.11 bits per heavy atom. The highest BCUT2D eigenvalue weighted by molar-refractivity contribution is 6.30. The van der Waals surface area contributed by atoms with Gasteiger partial charge in [-0.1, -0.05) is 25.4 Å². The lowest BCUT2D eigenvalue weighted by Crippen LogP contribution is -2.32. The molecule has 18 heavy (non-hydrogen) atoms. The van der Waals surface area contributed by atoms with Crippen LogP contribution < -0.4 is 10.6 Å². The van der Waals surface area contributed by atoms with Crippen LogP contribution >= 0.6 is 11.6 Å². The minimum Gasteiger partial charge on any atom is -0.373 e. The van der Waals surface area contributed by atoms with E-state index in [2.05, 4.69) is 24.8 Å². The largest absolute Gasteiger partial charge is 0.373 e. The van der Waals surface area contributed by atoms with E-state index in [1.165, 1.54) is 0 Å². The average molecular weight is 266 g/mol. The number of nitrogens with two attached hydrogens (primary N) is 1. The van der Waals surface area contributed by atoms with Crippen LogP contribution in [0.25, 0.3) is 0 Å². The molecule has 1 aromatic carbocycles. The molecular weight excluding hydrogens is 246 g/mol. The Morgan fingerprint density at radius 3 is 2.67 bits per heavy atom. The Hall–Kier alpha value is -1.24. The van der Waals surface area contributed by atoms with Crippen molar-refractivity contribution in [3.8, 4) is 6.07 Å². The smallest absolute Gasteiger partial charge is 0.101 e. The van der Waals surface area contributed by atoms with E-state index in [0.717, 1.165) is 18.7 Å². The standard InChI is InChI=1S/C14H20ClN3/c1-10(2)13(17)6-7-18(3)14-5-4-12(15)8-11(14)9-16/h4-5,8,10,13H,6-7,17H2,1-3H3. The van der Waals surface area contributed by atoms with Gasteiger partial charge in [-0.2, -0.15) is 5.26 Å². The van der Waals surface area contributed by atoms with E-state index in [-0.39, 0.29) is 6.04 Å². The zero-order valence-electron chi connectivity index (χ0n) is 11.2. The van der Waals surface area contributed by atoms with Gasteiger partial charge in [0.15, 0.2) is 0 Å². The van der Waals surface area contributed by atoms with E-state index in [1.54, 1.807) is 12.1 Å². The topological polar surface area (TPSA) is 53.0 Å². The number of anilines is 1. The van der Waals surface area contributed by atoms with Gasteiger partial charge in [-0.05, 0) is 30.5 Å². The van der Waals surface area contributed by atoms with E-state index in [4.69, 9.17) is 22.6 Å². The van der Waals surface area contributed by atoms with Crippen LogP contribution in [0.3, 0.4) is 0 Å². The van der Waals surface area contributed by atoms with E-state index in [9.17, 15) is 0 Å². The van der Waals surface area contributed by atoms with Crippen LogP contribution in [0.15, 0.2) is 18.2 Å². The van der Waals surface area contributed by atoms with E-state index >= 15 is 0 Å². The Morgan fingerprint density at radius 1 is 1.44 bits per heavy atom. The van der Waals surface area contributed by atoms with Gasteiger partial charge in [0.1, 0.15) is 6.07 Å². The zero-order chi connectivity index (χ0) is 13.7. The van der Waals surface area contributed by atoms with Crippen LogP contribution in [0, 0.1) is 17.2 Å². The third-order valence-corrected chi connectivity index (χ3v) is 3.38. The van der Waals surface area contributed by atoms with Crippen molar-refractivity contribution in [1.82, 2.24) is 0 Å². The van der Waals surface area contributed by atoms with E-state index in [0.29, 0.717) is 16.5 Å². The van der Waals surface area contributed by atoms with Crippen molar-refractivity contribution in [3.63, 3.8) is 0 Å². The summed E-state index contributed by atoms with van der Waals surface area (Å²) in [7, 11) is 1.97. The van der Waals surface area contributed by atoms with Crippen LogP contribution in [0.5, 0.6) is 0 Å². The molecule has 98 valence electrons. The highest BCUT2D eigenvalue weighted by Gasteiger charge is 2.11. The molecule has 0 bridgehead atoms. The van der Waals surface area contributed by atoms with E-state index in [1.807, 2.05) is 13.1 Å². The summed E-state index contributed by atoms with van der Waals surface area (Å²) in [5, 5.41) is 9.68. The summed E-state index contributed by atoms with van der Waals surface area (Å²) in [5.74, 6) is 0.471. The highest BCUT2D eigenvalue weighted by atomic mass is 35.5. The first-order chi connectivity index (χ1) is 8.45. The molecule has 0 saturated carbocycles. The van der Waals surface area contributed by atoms with Gasteiger partial charge in [-0.25, -0.2) is 0 Å². The normalized spacial score (nSPS) is 12.3. The van der Waals surface area contributed by atoms with Crippen LogP contribution in [-0.4, -0.2) is 19.6 Å². The van der Waals surface area contributed by atoms with Crippen LogP contribution in [0.1, 0.15) is 25.8 Å². The minimum absolute atomic E-state index is 0.185. The SMILES string of the molecule is CC(C)C(N)CCN(C)c1ccc(Cl)cc1C#N. The molecule has 0 spiro atoms. The lowest BCUT2D eigenvalue weighted by atomic mass is 10.0. The molecule has 1 atom stereocenters. The number of nitriles is 1. The number of halogens is 1. The minimum atomic E-state index is 0.185. The fourth-order valence-electron chi connectivity index (χ4n) is 1.73. The average Bonchev–Trinajstić information content (AvgIpc) is 2.34. The van der Waals surface area contributed by atoms with Crippen molar-refractivity contribution in [2.75, 3.05) is 18.5 Å². The summed E-state index contributed by atoms with van der Waals surface area (Å²) >= 11 is 5.88. The summed E-state index contributed by atoms with van der Waals surface area (Å²) in [6.07, 6.45) is 0.904. The Kier molecular flexibility index (Phi) is 5.46. The molecule has 1 rings (SSSR count). The zero-order valence-corrected chi connectivity index (χ0v) is 11.9. The molecule has 0 aliphatic carbocycles. The molecule has 4 heteroatoms. The second-order valence-corrected chi connectivity index (χ2v) is 5.33. The summed E-state index contributed by atoms with van der Waals surface area (Å²) in [5.41, 5.74) is 7.53. The van der Waals surface area contributed by atoms with Crippen LogP contribution in [-0.2, 0) is 0 Å². The second-order valence-electron chi connectivity index (χ2n) is 4.89. The quantitative estimate of drug-likeness (QED) is 0.890. The third-order valence-electron chi connectivity index (χ3n) is 3.14. The molecule has 1 aromatic rings. The van der Waals surface area contributed by atoms with Gasteiger partial charge < -0.3 is 10.6 Å². The monoisotopic (exact) mass is 265 g/mol. The Bertz CT molecular complexity index is 437. The molecule has 0 aliphatic heterocycles. The van der Waals surface area contributed by atoms with Crippen molar-refractivity contribution in [2.45, 2.75) is 26.3 Å². The van der Waals surface area contributed by atoms with Crippen molar-refractivity contribution in [3.05, 3.63) is 28.8 Å². The van der Waals surface area contributed by atoms with Gasteiger partial charge in [0.2, 0.25) is 0 Å². The number of nitrogens with zero attached hydrogens (tertiary/aromatic N) is 2. The van der Waals surface area contributed by atoms with Crippen molar-refractivity contribution in [2.24, 2.45) is 11.7 Å². The molecule has 0 radical (unpaired) electrons. The first-order valence-corrected chi connectivity index (χ1v) is 6.50. The van der Waals surface area contributed by atoms with Crippen LogP contribution in [0.2, 0.25) is 5.02 Å². The van der Waals surface area contributed by atoms with Crippen molar-refractivity contribution in [1.29, 1.82) is 5.26 Å². The summed E-state index contributed by atoms with van der Waals surface area (Å²) in [4.78, 5) is 2.05. The number of benzene rings is 1. The maximum Gasteiger partial charge on any atom is 0.101 e. The fourth-order valence-corrected chi connectivity index (χ4v) is 1.90.